The maximum atomic E-state index is 12.2. The summed E-state index contributed by atoms with van der Waals surface area (Å²) < 4.78 is 0. The average molecular weight is 319 g/mol. The molecule has 2 N–H and O–H groups in total. The van der Waals surface area contributed by atoms with Gasteiger partial charge in [0, 0.05) is 12.2 Å². The van der Waals surface area contributed by atoms with Gasteiger partial charge in [0.05, 0.1) is 5.75 Å². The number of carbonyl (C=O) groups excluding carboxylic acids is 1. The first kappa shape index (κ1) is 14.3. The molecular formula is C16H21N3O2S. The lowest BCUT2D eigenvalue weighted by atomic mass is 9.54. The van der Waals surface area contributed by atoms with Crippen molar-refractivity contribution in [1.29, 1.82) is 0 Å². The highest BCUT2D eigenvalue weighted by molar-refractivity contribution is 7.99. The topological polar surface area (TPSA) is 74.8 Å². The predicted molar refractivity (Wildman–Crippen MR) is 84.6 cm³/mol. The predicted octanol–water partition coefficient (Wildman–Crippen LogP) is 1.80. The molecule has 1 aromatic rings. The fourth-order valence-electron chi connectivity index (χ4n) is 4.96. The number of nitrogens with zero attached hydrogens (tertiary/aromatic N) is 1. The van der Waals surface area contributed by atoms with Crippen molar-refractivity contribution >= 4 is 17.7 Å². The highest BCUT2D eigenvalue weighted by atomic mass is 32.2. The van der Waals surface area contributed by atoms with Crippen molar-refractivity contribution in [3.05, 3.63) is 22.7 Å². The Labute approximate surface area is 133 Å². The van der Waals surface area contributed by atoms with Crippen LogP contribution < -0.4 is 11.0 Å². The second-order valence-electron chi connectivity index (χ2n) is 7.05. The summed E-state index contributed by atoms with van der Waals surface area (Å²) in [5.41, 5.74) is -0.369. The Morgan fingerprint density at radius 1 is 1.23 bits per heavy atom. The van der Waals surface area contributed by atoms with Gasteiger partial charge in [-0.15, -0.1) is 0 Å². The number of nitrogens with one attached hydrogen (secondary N) is 2. The van der Waals surface area contributed by atoms with E-state index in [4.69, 9.17) is 0 Å². The molecule has 0 atom stereocenters. The minimum atomic E-state index is -0.369. The number of hydrogen-bond acceptors (Lipinski definition) is 4. The van der Waals surface area contributed by atoms with Crippen LogP contribution >= 0.6 is 11.8 Å². The van der Waals surface area contributed by atoms with E-state index in [-0.39, 0.29) is 11.6 Å². The van der Waals surface area contributed by atoms with Crippen molar-refractivity contribution in [3.63, 3.8) is 0 Å². The molecule has 1 amide bonds. The van der Waals surface area contributed by atoms with E-state index in [2.05, 4.69) is 15.3 Å². The van der Waals surface area contributed by atoms with Crippen LogP contribution in [0, 0.1) is 23.7 Å². The Hall–Kier alpha value is -1.30. The fourth-order valence-corrected chi connectivity index (χ4v) is 5.64. The lowest BCUT2D eigenvalue weighted by Gasteiger charge is -2.54. The number of amides is 1. The van der Waals surface area contributed by atoms with Gasteiger partial charge in [-0.3, -0.25) is 4.79 Å². The highest BCUT2D eigenvalue weighted by Gasteiger charge is 2.48. The summed E-state index contributed by atoms with van der Waals surface area (Å²) in [7, 11) is 0. The zero-order chi connectivity index (χ0) is 15.1. The third kappa shape index (κ3) is 2.81. The van der Waals surface area contributed by atoms with E-state index >= 15 is 0 Å². The molecule has 4 aliphatic rings. The summed E-state index contributed by atoms with van der Waals surface area (Å²) in [5.74, 6) is 3.64. The molecule has 0 aliphatic heterocycles. The zero-order valence-corrected chi connectivity index (χ0v) is 13.3. The first-order valence-electron chi connectivity index (χ1n) is 8.15. The fraction of sp³-hybridized carbons (Fsp3) is 0.688. The lowest BCUT2D eigenvalue weighted by Crippen LogP contribution is -2.56. The van der Waals surface area contributed by atoms with Crippen molar-refractivity contribution in [2.45, 2.75) is 43.2 Å². The molecule has 22 heavy (non-hydrogen) atoms. The van der Waals surface area contributed by atoms with Gasteiger partial charge >= 0.3 is 5.69 Å². The van der Waals surface area contributed by atoms with Crippen LogP contribution in [0.3, 0.4) is 0 Å². The summed E-state index contributed by atoms with van der Waals surface area (Å²) in [5, 5.41) is 3.87. The monoisotopic (exact) mass is 319 g/mol. The number of thioether (sulfide) groups is 1. The van der Waals surface area contributed by atoms with Gasteiger partial charge in [-0.05, 0) is 61.8 Å². The standard InChI is InChI=1S/C16H21N3O2S/c20-13(8-22-14-1-2-17-16(21)19-14)18-15-11-4-9-3-10(6-11)7-12(15)5-9/h1-2,9-12,15H,3-8H2,(H,18,20)(H,17,19,21). The summed E-state index contributed by atoms with van der Waals surface area (Å²) in [4.78, 5) is 29.7. The SMILES string of the molecule is O=C(CSc1cc[nH]c(=O)n1)NC1C2CC3CC(C2)CC1C3. The molecule has 0 aromatic carbocycles. The van der Waals surface area contributed by atoms with E-state index in [0.29, 0.717) is 28.7 Å². The third-order valence-corrected chi connectivity index (χ3v) is 6.48. The minimum absolute atomic E-state index is 0.0737. The van der Waals surface area contributed by atoms with Crippen molar-refractivity contribution in [1.82, 2.24) is 15.3 Å². The van der Waals surface area contributed by atoms with Gasteiger partial charge in [-0.25, -0.2) is 4.79 Å². The van der Waals surface area contributed by atoms with E-state index in [1.165, 1.54) is 43.9 Å². The molecule has 4 fully saturated rings. The molecule has 5 rings (SSSR count). The maximum Gasteiger partial charge on any atom is 0.345 e. The van der Waals surface area contributed by atoms with Crippen molar-refractivity contribution in [2.24, 2.45) is 23.7 Å². The van der Waals surface area contributed by atoms with Crippen LogP contribution in [0.4, 0.5) is 0 Å². The van der Waals surface area contributed by atoms with Gasteiger partial charge < -0.3 is 10.3 Å². The van der Waals surface area contributed by atoms with E-state index in [0.717, 1.165) is 11.8 Å². The molecule has 4 saturated carbocycles. The first-order valence-corrected chi connectivity index (χ1v) is 9.14. The normalized spacial score (nSPS) is 35.5. The number of H-pyrrole nitrogens is 1. The van der Waals surface area contributed by atoms with E-state index in [1.54, 1.807) is 12.3 Å². The van der Waals surface area contributed by atoms with Crippen molar-refractivity contribution in [2.75, 3.05) is 5.75 Å². The average Bonchev–Trinajstić information content (AvgIpc) is 2.48. The largest absolute Gasteiger partial charge is 0.352 e. The Bertz CT molecular complexity index is 602. The Morgan fingerprint density at radius 3 is 2.55 bits per heavy atom. The minimum Gasteiger partial charge on any atom is -0.352 e. The molecule has 4 aliphatic carbocycles. The summed E-state index contributed by atoms with van der Waals surface area (Å²) >= 11 is 1.33. The molecule has 0 radical (unpaired) electrons. The first-order chi connectivity index (χ1) is 10.7. The molecule has 4 bridgehead atoms. The van der Waals surface area contributed by atoms with Crippen molar-refractivity contribution < 1.29 is 4.79 Å². The van der Waals surface area contributed by atoms with Crippen LogP contribution in [0.1, 0.15) is 32.1 Å². The van der Waals surface area contributed by atoms with Crippen LogP contribution in [0.2, 0.25) is 0 Å². The second kappa shape index (κ2) is 5.72. The smallest absolute Gasteiger partial charge is 0.345 e. The Kier molecular flexibility index (Phi) is 3.72. The van der Waals surface area contributed by atoms with Crippen molar-refractivity contribution in [3.8, 4) is 0 Å². The van der Waals surface area contributed by atoms with Crippen LogP contribution in [-0.2, 0) is 4.79 Å². The molecule has 0 unspecified atom stereocenters. The molecule has 0 saturated heterocycles. The van der Waals surface area contributed by atoms with Crippen LogP contribution in [0.25, 0.3) is 0 Å². The van der Waals surface area contributed by atoms with E-state index < -0.39 is 0 Å². The molecule has 6 heteroatoms. The second-order valence-corrected chi connectivity index (χ2v) is 8.04. The maximum absolute atomic E-state index is 12.2. The number of rotatable bonds is 4. The third-order valence-electron chi connectivity index (χ3n) is 5.55. The molecule has 1 heterocycles. The molecule has 5 nitrogen and oxygen atoms in total. The molecular weight excluding hydrogens is 298 g/mol. The Balaban J connectivity index is 1.33. The molecule has 118 valence electrons. The van der Waals surface area contributed by atoms with Gasteiger partial charge in [-0.1, -0.05) is 11.8 Å². The van der Waals surface area contributed by atoms with Gasteiger partial charge in [0.1, 0.15) is 5.03 Å². The van der Waals surface area contributed by atoms with Gasteiger partial charge in [-0.2, -0.15) is 4.98 Å². The van der Waals surface area contributed by atoms with Crippen LogP contribution in [-0.4, -0.2) is 27.7 Å². The van der Waals surface area contributed by atoms with Crippen LogP contribution in [0.5, 0.6) is 0 Å². The quantitative estimate of drug-likeness (QED) is 0.655. The zero-order valence-electron chi connectivity index (χ0n) is 12.5. The summed E-state index contributed by atoms with van der Waals surface area (Å²) in [6.45, 7) is 0. The van der Waals surface area contributed by atoms with E-state index in [9.17, 15) is 9.59 Å². The number of aromatic amines is 1. The number of carbonyl (C=O) groups is 1. The summed E-state index contributed by atoms with van der Waals surface area (Å²) in [6, 6.07) is 2.11. The number of hydrogen-bond donors (Lipinski definition) is 2. The van der Waals surface area contributed by atoms with Crippen LogP contribution in [0.15, 0.2) is 22.1 Å². The van der Waals surface area contributed by atoms with Gasteiger partial charge in [0.25, 0.3) is 0 Å². The van der Waals surface area contributed by atoms with Gasteiger partial charge in [0.2, 0.25) is 5.91 Å². The highest BCUT2D eigenvalue weighted by Crippen LogP contribution is 2.53. The summed E-state index contributed by atoms with van der Waals surface area (Å²) in [6.07, 6.45) is 8.22. The Morgan fingerprint density at radius 2 is 1.91 bits per heavy atom. The van der Waals surface area contributed by atoms with E-state index in [1.807, 2.05) is 0 Å². The molecule has 0 spiro atoms. The number of aromatic nitrogens is 2. The molecule has 1 aromatic heterocycles. The van der Waals surface area contributed by atoms with Gasteiger partial charge in [0.15, 0.2) is 0 Å². The lowest BCUT2D eigenvalue weighted by molar-refractivity contribution is -0.122.